The van der Waals surface area contributed by atoms with E-state index < -0.39 is 0 Å². The van der Waals surface area contributed by atoms with Gasteiger partial charge in [-0.2, -0.15) is 0 Å². The van der Waals surface area contributed by atoms with Crippen molar-refractivity contribution in [2.24, 2.45) is 12.8 Å². The highest BCUT2D eigenvalue weighted by Gasteiger charge is 2.14. The zero-order chi connectivity index (χ0) is 14.9. The van der Waals surface area contributed by atoms with E-state index in [0.717, 1.165) is 11.3 Å². The Balaban J connectivity index is 2.39. The van der Waals surface area contributed by atoms with Gasteiger partial charge in [-0.25, -0.2) is 0 Å². The molecular weight excluding hydrogens is 248 g/mol. The van der Waals surface area contributed by atoms with Crippen molar-refractivity contribution >= 4 is 0 Å². The topological polar surface area (TPSA) is 48.0 Å². The number of hydrogen-bond donors (Lipinski definition) is 1. The van der Waals surface area contributed by atoms with Gasteiger partial charge in [-0.1, -0.05) is 38.1 Å². The fourth-order valence-corrected chi connectivity index (χ4v) is 2.25. The van der Waals surface area contributed by atoms with Crippen molar-refractivity contribution < 1.29 is 0 Å². The van der Waals surface area contributed by atoms with Crippen LogP contribution in [0.4, 0.5) is 0 Å². The minimum absolute atomic E-state index is 0.0227. The Kier molecular flexibility index (Phi) is 4.09. The summed E-state index contributed by atoms with van der Waals surface area (Å²) in [6, 6.07) is 11.6. The predicted octanol–water partition coefficient (Wildman–Crippen LogP) is 2.87. The maximum Gasteiger partial charge on any atom is 0.255 e. The summed E-state index contributed by atoms with van der Waals surface area (Å²) in [4.78, 5) is 12.3. The quantitative estimate of drug-likeness (QED) is 0.932. The van der Waals surface area contributed by atoms with Crippen molar-refractivity contribution in [3.8, 4) is 0 Å². The van der Waals surface area contributed by atoms with Gasteiger partial charge in [-0.3, -0.25) is 4.79 Å². The van der Waals surface area contributed by atoms with E-state index in [1.807, 2.05) is 31.2 Å². The van der Waals surface area contributed by atoms with Gasteiger partial charge < -0.3 is 10.3 Å². The SMILES string of the molecule is Cc1ccc(C(N)c2ccc(C(C)C)cc2)c(=O)n1C. The van der Waals surface area contributed by atoms with Gasteiger partial charge in [0, 0.05) is 18.3 Å². The van der Waals surface area contributed by atoms with Gasteiger partial charge in [0.2, 0.25) is 0 Å². The first kappa shape index (κ1) is 14.5. The highest BCUT2D eigenvalue weighted by molar-refractivity contribution is 5.33. The fourth-order valence-electron chi connectivity index (χ4n) is 2.25. The van der Waals surface area contributed by atoms with Crippen LogP contribution in [0.15, 0.2) is 41.2 Å². The Hall–Kier alpha value is -1.87. The standard InChI is InChI=1S/C17H22N2O/c1-11(2)13-6-8-14(9-7-13)16(18)15-10-5-12(3)19(4)17(15)20/h5-11,16H,18H2,1-4H3. The molecule has 0 radical (unpaired) electrons. The second-order valence-corrected chi connectivity index (χ2v) is 5.59. The van der Waals surface area contributed by atoms with E-state index in [9.17, 15) is 4.79 Å². The first-order chi connectivity index (χ1) is 9.41. The van der Waals surface area contributed by atoms with Crippen LogP contribution in [0.5, 0.6) is 0 Å². The smallest absolute Gasteiger partial charge is 0.255 e. The van der Waals surface area contributed by atoms with E-state index in [0.29, 0.717) is 11.5 Å². The summed E-state index contributed by atoms with van der Waals surface area (Å²) in [7, 11) is 1.77. The molecule has 0 amide bonds. The number of rotatable bonds is 3. The van der Waals surface area contributed by atoms with Gasteiger partial charge in [0.1, 0.15) is 0 Å². The molecule has 0 fully saturated rings. The highest BCUT2D eigenvalue weighted by Crippen LogP contribution is 2.20. The molecule has 1 heterocycles. The molecule has 2 rings (SSSR count). The fraction of sp³-hybridized carbons (Fsp3) is 0.353. The molecule has 0 saturated heterocycles. The van der Waals surface area contributed by atoms with Crippen LogP contribution >= 0.6 is 0 Å². The van der Waals surface area contributed by atoms with Crippen LogP contribution in [0.25, 0.3) is 0 Å². The number of hydrogen-bond acceptors (Lipinski definition) is 2. The molecule has 0 aliphatic carbocycles. The lowest BCUT2D eigenvalue weighted by molar-refractivity contribution is 0.761. The molecule has 0 saturated carbocycles. The van der Waals surface area contributed by atoms with Gasteiger partial charge >= 0.3 is 0 Å². The van der Waals surface area contributed by atoms with E-state index in [1.165, 1.54) is 5.56 Å². The van der Waals surface area contributed by atoms with Gasteiger partial charge in [0.05, 0.1) is 6.04 Å². The van der Waals surface area contributed by atoms with Gasteiger partial charge in [-0.15, -0.1) is 0 Å². The van der Waals surface area contributed by atoms with Crippen LogP contribution in [-0.4, -0.2) is 4.57 Å². The molecule has 1 aromatic carbocycles. The van der Waals surface area contributed by atoms with E-state index in [1.54, 1.807) is 11.6 Å². The van der Waals surface area contributed by atoms with Gasteiger partial charge in [0.25, 0.3) is 5.56 Å². The Bertz CT molecular complexity index is 654. The van der Waals surface area contributed by atoms with Crippen LogP contribution < -0.4 is 11.3 Å². The Labute approximate surface area is 120 Å². The molecule has 0 aliphatic heterocycles. The summed E-state index contributed by atoms with van der Waals surface area (Å²) >= 11 is 0. The lowest BCUT2D eigenvalue weighted by Crippen LogP contribution is -2.28. The van der Waals surface area contributed by atoms with Gasteiger partial charge in [-0.05, 0) is 36.1 Å². The lowest BCUT2D eigenvalue weighted by atomic mass is 9.96. The summed E-state index contributed by atoms with van der Waals surface area (Å²) in [5.74, 6) is 0.493. The largest absolute Gasteiger partial charge is 0.320 e. The van der Waals surface area contributed by atoms with Crippen LogP contribution in [-0.2, 0) is 7.05 Å². The molecule has 2 aromatic rings. The van der Waals surface area contributed by atoms with E-state index in [2.05, 4.69) is 26.0 Å². The molecule has 3 nitrogen and oxygen atoms in total. The van der Waals surface area contributed by atoms with Crippen molar-refractivity contribution in [1.82, 2.24) is 4.57 Å². The van der Waals surface area contributed by atoms with Crippen molar-refractivity contribution in [2.75, 3.05) is 0 Å². The monoisotopic (exact) mass is 270 g/mol. The molecule has 1 unspecified atom stereocenters. The Morgan fingerprint density at radius 2 is 1.55 bits per heavy atom. The highest BCUT2D eigenvalue weighted by atomic mass is 16.1. The van der Waals surface area contributed by atoms with Crippen molar-refractivity contribution in [3.63, 3.8) is 0 Å². The normalized spacial score (nSPS) is 12.7. The second-order valence-electron chi connectivity index (χ2n) is 5.59. The zero-order valence-corrected chi connectivity index (χ0v) is 12.6. The van der Waals surface area contributed by atoms with Crippen molar-refractivity contribution in [3.05, 3.63) is 69.1 Å². The third-order valence-electron chi connectivity index (χ3n) is 3.88. The number of benzene rings is 1. The molecular formula is C17H22N2O. The third-order valence-corrected chi connectivity index (χ3v) is 3.88. The lowest BCUT2D eigenvalue weighted by Gasteiger charge is -2.15. The van der Waals surface area contributed by atoms with Gasteiger partial charge in [0.15, 0.2) is 0 Å². The van der Waals surface area contributed by atoms with Crippen molar-refractivity contribution in [2.45, 2.75) is 32.7 Å². The van der Waals surface area contributed by atoms with E-state index in [-0.39, 0.29) is 11.6 Å². The maximum atomic E-state index is 12.3. The van der Waals surface area contributed by atoms with Crippen LogP contribution in [0, 0.1) is 6.92 Å². The maximum absolute atomic E-state index is 12.3. The van der Waals surface area contributed by atoms with Crippen LogP contribution in [0.2, 0.25) is 0 Å². The predicted molar refractivity (Wildman–Crippen MR) is 83.0 cm³/mol. The molecule has 1 aromatic heterocycles. The molecule has 0 spiro atoms. The van der Waals surface area contributed by atoms with Crippen LogP contribution in [0.3, 0.4) is 0 Å². The minimum atomic E-state index is -0.379. The Morgan fingerprint density at radius 3 is 2.10 bits per heavy atom. The summed E-state index contributed by atoms with van der Waals surface area (Å²) in [5.41, 5.74) is 10.0. The van der Waals surface area contributed by atoms with Crippen LogP contribution in [0.1, 0.15) is 48.2 Å². The average Bonchev–Trinajstić information content (AvgIpc) is 2.44. The zero-order valence-electron chi connectivity index (χ0n) is 12.6. The first-order valence-electron chi connectivity index (χ1n) is 6.93. The summed E-state index contributed by atoms with van der Waals surface area (Å²) in [6.45, 7) is 6.23. The van der Waals surface area contributed by atoms with E-state index >= 15 is 0 Å². The molecule has 0 bridgehead atoms. The number of aromatic nitrogens is 1. The average molecular weight is 270 g/mol. The van der Waals surface area contributed by atoms with Crippen molar-refractivity contribution in [1.29, 1.82) is 0 Å². The molecule has 2 N–H and O–H groups in total. The summed E-state index contributed by atoms with van der Waals surface area (Å²) < 4.78 is 1.64. The molecule has 1 atom stereocenters. The summed E-state index contributed by atoms with van der Waals surface area (Å²) in [5, 5.41) is 0. The Morgan fingerprint density at radius 1 is 1.00 bits per heavy atom. The molecule has 3 heteroatoms. The number of nitrogens with zero attached hydrogens (tertiary/aromatic N) is 1. The first-order valence-corrected chi connectivity index (χ1v) is 6.93. The number of pyridine rings is 1. The number of nitrogens with two attached hydrogens (primary N) is 1. The summed E-state index contributed by atoms with van der Waals surface area (Å²) in [6.07, 6.45) is 0. The minimum Gasteiger partial charge on any atom is -0.320 e. The molecule has 106 valence electrons. The third kappa shape index (κ3) is 2.68. The molecule has 0 aliphatic rings. The molecule has 20 heavy (non-hydrogen) atoms. The number of aryl methyl sites for hydroxylation is 1. The second kappa shape index (κ2) is 5.63. The van der Waals surface area contributed by atoms with E-state index in [4.69, 9.17) is 5.73 Å².